The molecule has 0 aliphatic carbocycles. The number of pyridine rings is 1. The van der Waals surface area contributed by atoms with Crippen molar-refractivity contribution in [3.05, 3.63) is 59.3 Å². The summed E-state index contributed by atoms with van der Waals surface area (Å²) in [6.45, 7) is -0.792. The van der Waals surface area contributed by atoms with Crippen molar-refractivity contribution in [2.24, 2.45) is 5.73 Å². The Kier molecular flexibility index (Phi) is 4.49. The van der Waals surface area contributed by atoms with E-state index >= 15 is 0 Å². The van der Waals surface area contributed by atoms with Crippen LogP contribution in [-0.4, -0.2) is 37.0 Å². The number of aliphatic hydroxyl groups is 1. The molecule has 7 heteroatoms. The summed E-state index contributed by atoms with van der Waals surface area (Å²) in [6, 6.07) is 9.68. The highest BCUT2D eigenvalue weighted by Crippen LogP contribution is 2.27. The molecule has 0 amide bonds. The normalized spacial score (nSPS) is 18.4. The van der Waals surface area contributed by atoms with Crippen LogP contribution in [0.4, 0.5) is 4.39 Å². The van der Waals surface area contributed by atoms with Gasteiger partial charge in [-0.15, -0.1) is 0 Å². The Morgan fingerprint density at radius 3 is 2.29 bits per heavy atom. The monoisotopic (exact) mass is 348 g/mol. The number of nitrogens with zero attached hydrogens (tertiary/aromatic N) is 1. The van der Waals surface area contributed by atoms with Gasteiger partial charge in [-0.2, -0.15) is 0 Å². The molecule has 1 aliphatic heterocycles. The molecule has 3 rings (SSSR count). The smallest absolute Gasteiger partial charge is 0.176 e. The first kappa shape index (κ1) is 16.8. The molecular formula is C17H17FN2O3S. The lowest BCUT2D eigenvalue weighted by Crippen LogP contribution is -2.30. The fourth-order valence-corrected chi connectivity index (χ4v) is 3.59. The summed E-state index contributed by atoms with van der Waals surface area (Å²) >= 11 is 0. The third-order valence-corrected chi connectivity index (χ3v) is 5.30. The lowest BCUT2D eigenvalue weighted by atomic mass is 9.99. The van der Waals surface area contributed by atoms with Gasteiger partial charge in [0.25, 0.3) is 0 Å². The molecular weight excluding hydrogens is 331 g/mol. The molecule has 3 N–H and O–H groups in total. The largest absolute Gasteiger partial charge is 0.387 e. The zero-order chi connectivity index (χ0) is 17.3. The number of rotatable bonds is 5. The van der Waals surface area contributed by atoms with Gasteiger partial charge in [0.15, 0.2) is 9.84 Å². The maximum atomic E-state index is 12.5. The van der Waals surface area contributed by atoms with Gasteiger partial charge in [0.2, 0.25) is 0 Å². The maximum Gasteiger partial charge on any atom is 0.176 e. The number of aliphatic hydroxyl groups excluding tert-OH is 1. The van der Waals surface area contributed by atoms with E-state index in [1.165, 1.54) is 5.41 Å². The molecule has 126 valence electrons. The van der Waals surface area contributed by atoms with Crippen molar-refractivity contribution in [2.45, 2.75) is 12.1 Å². The van der Waals surface area contributed by atoms with Crippen LogP contribution in [0.1, 0.15) is 17.4 Å². The first-order valence-electron chi connectivity index (χ1n) is 7.39. The van der Waals surface area contributed by atoms with Crippen molar-refractivity contribution >= 4 is 15.4 Å². The molecule has 0 saturated heterocycles. The molecule has 0 unspecified atom stereocenters. The minimum absolute atomic E-state index is 0.0285. The van der Waals surface area contributed by atoms with Gasteiger partial charge in [-0.05, 0) is 17.2 Å². The number of benzene rings is 1. The number of halogens is 1. The van der Waals surface area contributed by atoms with E-state index in [-0.39, 0.29) is 5.75 Å². The highest BCUT2D eigenvalue weighted by molar-refractivity contribution is 7.96. The van der Waals surface area contributed by atoms with Crippen molar-refractivity contribution in [1.82, 2.24) is 4.98 Å². The van der Waals surface area contributed by atoms with Crippen molar-refractivity contribution < 1.29 is 17.9 Å². The van der Waals surface area contributed by atoms with Crippen LogP contribution in [0.25, 0.3) is 16.7 Å². The summed E-state index contributed by atoms with van der Waals surface area (Å²) in [5.74, 6) is 0.0285. The number of hydrogen-bond acceptors (Lipinski definition) is 5. The zero-order valence-corrected chi connectivity index (χ0v) is 13.6. The van der Waals surface area contributed by atoms with Gasteiger partial charge < -0.3 is 10.8 Å². The number of alkyl halides is 1. The second-order valence-electron chi connectivity index (χ2n) is 5.77. The van der Waals surface area contributed by atoms with Crippen LogP contribution < -0.4 is 5.73 Å². The van der Waals surface area contributed by atoms with E-state index in [1.54, 1.807) is 36.5 Å². The maximum absolute atomic E-state index is 12.5. The van der Waals surface area contributed by atoms with Gasteiger partial charge in [0.05, 0.1) is 23.6 Å². The minimum atomic E-state index is -3.03. The van der Waals surface area contributed by atoms with Gasteiger partial charge in [-0.25, -0.2) is 12.8 Å². The molecule has 0 saturated carbocycles. The minimum Gasteiger partial charge on any atom is -0.387 e. The van der Waals surface area contributed by atoms with E-state index in [0.29, 0.717) is 16.8 Å². The van der Waals surface area contributed by atoms with E-state index in [1.807, 2.05) is 6.07 Å². The average molecular weight is 348 g/mol. The first-order chi connectivity index (χ1) is 11.4. The Hall–Kier alpha value is -2.09. The van der Waals surface area contributed by atoms with Crippen molar-refractivity contribution in [2.75, 3.05) is 12.4 Å². The highest BCUT2D eigenvalue weighted by Gasteiger charge is 2.24. The van der Waals surface area contributed by atoms with Crippen LogP contribution in [-0.2, 0) is 9.84 Å². The van der Waals surface area contributed by atoms with Gasteiger partial charge in [-0.1, -0.05) is 30.3 Å². The molecule has 2 atom stereocenters. The van der Waals surface area contributed by atoms with Crippen LogP contribution in [0.2, 0.25) is 0 Å². The predicted molar refractivity (Wildman–Crippen MR) is 90.3 cm³/mol. The van der Waals surface area contributed by atoms with Gasteiger partial charge in [0.1, 0.15) is 6.67 Å². The highest BCUT2D eigenvalue weighted by atomic mass is 32.2. The Morgan fingerprint density at radius 2 is 1.79 bits per heavy atom. The summed E-state index contributed by atoms with van der Waals surface area (Å²) < 4.78 is 34.8. The molecule has 1 aromatic carbocycles. The number of sulfone groups is 1. The van der Waals surface area contributed by atoms with Crippen molar-refractivity contribution in [3.8, 4) is 11.1 Å². The Balaban J connectivity index is 1.78. The second-order valence-corrected chi connectivity index (χ2v) is 7.62. The molecule has 5 nitrogen and oxygen atoms in total. The summed E-state index contributed by atoms with van der Waals surface area (Å²) in [5.41, 5.74) is 9.15. The van der Waals surface area contributed by atoms with E-state index in [9.17, 15) is 17.9 Å². The fraction of sp³-hybridized carbons (Fsp3) is 0.235. The summed E-state index contributed by atoms with van der Waals surface area (Å²) in [5, 5.41) is 11.1. The van der Waals surface area contributed by atoms with Gasteiger partial charge in [-0.3, -0.25) is 4.98 Å². The van der Waals surface area contributed by atoms with Gasteiger partial charge >= 0.3 is 0 Å². The topological polar surface area (TPSA) is 93.3 Å². The standard InChI is InChI=1S/C17H17FN2O3S/c18-7-15(19)17(21)12-3-1-11(2-4-12)13-5-6-16(20-8-13)14-9-24(22,23)10-14/h1-6,8-9,15,17,21H,7,10,19H2/t15-,17-/m1/s1. The van der Waals surface area contributed by atoms with Crippen LogP contribution in [0.3, 0.4) is 0 Å². The Labute approximate surface area is 139 Å². The van der Waals surface area contributed by atoms with Crippen molar-refractivity contribution in [3.63, 3.8) is 0 Å². The fourth-order valence-electron chi connectivity index (χ4n) is 2.50. The summed E-state index contributed by atoms with van der Waals surface area (Å²) in [6.07, 6.45) is 0.622. The van der Waals surface area contributed by atoms with E-state index in [2.05, 4.69) is 4.98 Å². The van der Waals surface area contributed by atoms with E-state index in [0.717, 1.165) is 11.1 Å². The van der Waals surface area contributed by atoms with E-state index in [4.69, 9.17) is 5.73 Å². The Bertz CT molecular complexity index is 862. The quantitative estimate of drug-likeness (QED) is 0.860. The number of aromatic nitrogens is 1. The summed E-state index contributed by atoms with van der Waals surface area (Å²) in [4.78, 5) is 4.29. The van der Waals surface area contributed by atoms with Crippen LogP contribution in [0.5, 0.6) is 0 Å². The number of hydrogen-bond donors (Lipinski definition) is 2. The SMILES string of the molecule is N[C@H](CF)[C@H](O)c1ccc(-c2ccc(C3=CS(=O)(=O)C3)nc2)cc1. The van der Waals surface area contributed by atoms with Gasteiger partial charge in [0, 0.05) is 22.7 Å². The third-order valence-electron chi connectivity index (χ3n) is 3.94. The second kappa shape index (κ2) is 6.43. The van der Waals surface area contributed by atoms with Crippen LogP contribution >= 0.6 is 0 Å². The lowest BCUT2D eigenvalue weighted by Gasteiger charge is -2.16. The van der Waals surface area contributed by atoms with E-state index < -0.39 is 28.7 Å². The Morgan fingerprint density at radius 1 is 1.17 bits per heavy atom. The molecule has 2 aromatic rings. The molecule has 0 spiro atoms. The lowest BCUT2D eigenvalue weighted by molar-refractivity contribution is 0.132. The molecule has 1 aliphatic rings. The molecule has 0 radical (unpaired) electrons. The average Bonchev–Trinajstić information content (AvgIpc) is 2.58. The predicted octanol–water partition coefficient (Wildman–Crippen LogP) is 1.85. The molecule has 2 heterocycles. The molecule has 1 aromatic heterocycles. The first-order valence-corrected chi connectivity index (χ1v) is 9.11. The van der Waals surface area contributed by atoms with Crippen LogP contribution in [0, 0.1) is 0 Å². The molecule has 0 fully saturated rings. The van der Waals surface area contributed by atoms with Crippen molar-refractivity contribution in [1.29, 1.82) is 0 Å². The third kappa shape index (κ3) is 3.38. The van der Waals surface area contributed by atoms with Crippen LogP contribution in [0.15, 0.2) is 48.0 Å². The number of nitrogens with two attached hydrogens (primary N) is 1. The zero-order valence-electron chi connectivity index (χ0n) is 12.8. The summed E-state index contributed by atoms with van der Waals surface area (Å²) in [7, 11) is -3.03. The molecule has 0 bridgehead atoms. The molecule has 24 heavy (non-hydrogen) atoms.